The van der Waals surface area contributed by atoms with Crippen LogP contribution in [-0.2, 0) is 11.2 Å². The lowest BCUT2D eigenvalue weighted by atomic mass is 10.0. The molecule has 0 unspecified atom stereocenters. The summed E-state index contributed by atoms with van der Waals surface area (Å²) in [4.78, 5) is 13.7. The number of hydrogen-bond acceptors (Lipinski definition) is 4. The van der Waals surface area contributed by atoms with Crippen molar-refractivity contribution in [2.24, 2.45) is 0 Å². The van der Waals surface area contributed by atoms with Crippen LogP contribution in [0.4, 0.5) is 0 Å². The van der Waals surface area contributed by atoms with E-state index < -0.39 is 12.0 Å². The number of benzene rings is 1. The first-order valence-electron chi connectivity index (χ1n) is 8.51. The lowest BCUT2D eigenvalue weighted by Crippen LogP contribution is -2.32. The summed E-state index contributed by atoms with van der Waals surface area (Å²) in [5.74, 6) is -0.861. The molecule has 2 aromatic heterocycles. The number of carbonyl (C=O) groups is 1. The number of likely N-dealkylation sites (N-methyl/N-ethyl adjacent to an activating group) is 1. The summed E-state index contributed by atoms with van der Waals surface area (Å²) in [7, 11) is 1.84. The second kappa shape index (κ2) is 7.53. The van der Waals surface area contributed by atoms with Gasteiger partial charge in [-0.2, -0.15) is 10.2 Å². The summed E-state index contributed by atoms with van der Waals surface area (Å²) in [6.45, 7) is 4.57. The van der Waals surface area contributed by atoms with E-state index in [9.17, 15) is 9.90 Å². The number of aryl methyl sites for hydroxylation is 2. The molecule has 2 heterocycles. The van der Waals surface area contributed by atoms with Crippen LogP contribution >= 0.6 is 0 Å². The number of hydrogen-bond donors (Lipinski definition) is 2. The van der Waals surface area contributed by atoms with E-state index >= 15 is 0 Å². The topological polar surface area (TPSA) is 87.0 Å². The van der Waals surface area contributed by atoms with Crippen molar-refractivity contribution in [1.29, 1.82) is 0 Å². The van der Waals surface area contributed by atoms with Crippen molar-refractivity contribution in [2.75, 3.05) is 13.6 Å². The van der Waals surface area contributed by atoms with Crippen molar-refractivity contribution in [3.63, 3.8) is 0 Å². The predicted octanol–water partition coefficient (Wildman–Crippen LogP) is 2.51. The summed E-state index contributed by atoms with van der Waals surface area (Å²) in [6.07, 6.45) is 4.31. The zero-order valence-corrected chi connectivity index (χ0v) is 15.2. The summed E-state index contributed by atoms with van der Waals surface area (Å²) in [5.41, 5.74) is 4.79. The summed E-state index contributed by atoms with van der Waals surface area (Å²) >= 11 is 0. The number of carboxylic acids is 1. The van der Waals surface area contributed by atoms with Gasteiger partial charge in [-0.15, -0.1) is 0 Å². The predicted molar refractivity (Wildman–Crippen MR) is 98.3 cm³/mol. The maximum absolute atomic E-state index is 11.9. The second-order valence-electron chi connectivity index (χ2n) is 6.43. The zero-order valence-electron chi connectivity index (χ0n) is 15.2. The smallest absolute Gasteiger partial charge is 0.325 e. The van der Waals surface area contributed by atoms with Gasteiger partial charge in [-0.3, -0.25) is 14.8 Å². The van der Waals surface area contributed by atoms with Crippen LogP contribution < -0.4 is 0 Å². The molecule has 0 fully saturated rings. The van der Waals surface area contributed by atoms with E-state index in [0.29, 0.717) is 6.54 Å². The molecule has 1 aromatic carbocycles. The summed E-state index contributed by atoms with van der Waals surface area (Å²) in [6, 6.07) is 8.62. The molecule has 136 valence electrons. The molecule has 0 aliphatic rings. The van der Waals surface area contributed by atoms with Crippen molar-refractivity contribution >= 4 is 5.97 Å². The van der Waals surface area contributed by atoms with Crippen LogP contribution in [-0.4, -0.2) is 49.5 Å². The van der Waals surface area contributed by atoms with E-state index in [-0.39, 0.29) is 0 Å². The SMILES string of the molecule is Cc1n[nH]c(C)c1CCN(C)[C@@H](C(=O)O)c1ccc(-n2cccn2)cc1. The van der Waals surface area contributed by atoms with Gasteiger partial charge in [0.25, 0.3) is 0 Å². The Bertz CT molecular complexity index is 848. The third-order valence-corrected chi connectivity index (χ3v) is 4.65. The van der Waals surface area contributed by atoms with Gasteiger partial charge in [0.05, 0.1) is 11.4 Å². The molecule has 0 amide bonds. The molecule has 0 spiro atoms. The fraction of sp³-hybridized carbons (Fsp3) is 0.316. The number of aromatic nitrogens is 4. The number of nitrogens with one attached hydrogen (secondary N) is 1. The van der Waals surface area contributed by atoms with Gasteiger partial charge >= 0.3 is 5.97 Å². The largest absolute Gasteiger partial charge is 0.480 e. The first kappa shape index (κ1) is 17.9. The number of aromatic amines is 1. The number of rotatable bonds is 7. The average Bonchev–Trinajstić information content (AvgIpc) is 3.25. The highest BCUT2D eigenvalue weighted by Crippen LogP contribution is 2.22. The molecular formula is C19H23N5O2. The molecule has 0 aliphatic heterocycles. The third-order valence-electron chi connectivity index (χ3n) is 4.65. The molecule has 0 saturated carbocycles. The van der Waals surface area contributed by atoms with Crippen LogP contribution in [0.25, 0.3) is 5.69 Å². The van der Waals surface area contributed by atoms with Crippen LogP contribution in [0.3, 0.4) is 0 Å². The highest BCUT2D eigenvalue weighted by molar-refractivity contribution is 5.75. The van der Waals surface area contributed by atoms with Crippen molar-refractivity contribution in [2.45, 2.75) is 26.3 Å². The van der Waals surface area contributed by atoms with Crippen LogP contribution in [0.5, 0.6) is 0 Å². The van der Waals surface area contributed by atoms with Crippen LogP contribution in [0.15, 0.2) is 42.7 Å². The minimum Gasteiger partial charge on any atom is -0.480 e. The Labute approximate surface area is 152 Å². The Balaban J connectivity index is 1.75. The van der Waals surface area contributed by atoms with E-state index in [2.05, 4.69) is 15.3 Å². The second-order valence-corrected chi connectivity index (χ2v) is 6.43. The molecular weight excluding hydrogens is 330 g/mol. The lowest BCUT2D eigenvalue weighted by molar-refractivity contribution is -0.143. The highest BCUT2D eigenvalue weighted by atomic mass is 16.4. The van der Waals surface area contributed by atoms with Gasteiger partial charge in [0.1, 0.15) is 6.04 Å². The number of H-pyrrole nitrogens is 1. The van der Waals surface area contributed by atoms with E-state index in [1.807, 2.05) is 62.3 Å². The van der Waals surface area contributed by atoms with Gasteiger partial charge in [-0.25, -0.2) is 4.68 Å². The Kier molecular flexibility index (Phi) is 5.18. The maximum atomic E-state index is 11.9. The number of carboxylic acid groups (broad SMARTS) is 1. The van der Waals surface area contributed by atoms with Gasteiger partial charge in [-0.05, 0) is 56.6 Å². The summed E-state index contributed by atoms with van der Waals surface area (Å²) < 4.78 is 1.74. The standard InChI is InChI=1S/C19H23N5O2/c1-13-17(14(2)22-21-13)9-12-23(3)18(19(25)26)15-5-7-16(8-6-15)24-11-4-10-20-24/h4-8,10-11,18H,9,12H2,1-3H3,(H,21,22)(H,25,26)/t18-/m1/s1. The van der Waals surface area contributed by atoms with E-state index in [0.717, 1.165) is 34.6 Å². The van der Waals surface area contributed by atoms with Crippen molar-refractivity contribution in [1.82, 2.24) is 24.9 Å². The van der Waals surface area contributed by atoms with E-state index in [1.165, 1.54) is 0 Å². The first-order valence-corrected chi connectivity index (χ1v) is 8.51. The summed E-state index contributed by atoms with van der Waals surface area (Å²) in [5, 5.41) is 21.1. The maximum Gasteiger partial charge on any atom is 0.325 e. The Morgan fingerprint density at radius 2 is 2.04 bits per heavy atom. The van der Waals surface area contributed by atoms with Gasteiger partial charge in [-0.1, -0.05) is 12.1 Å². The molecule has 0 saturated heterocycles. The van der Waals surface area contributed by atoms with Crippen LogP contribution in [0, 0.1) is 13.8 Å². The minimum atomic E-state index is -0.861. The molecule has 1 atom stereocenters. The molecule has 2 N–H and O–H groups in total. The van der Waals surface area contributed by atoms with Crippen LogP contribution in [0.1, 0.15) is 28.6 Å². The normalized spacial score (nSPS) is 12.5. The minimum absolute atomic E-state index is 0.624. The Hall–Kier alpha value is -2.93. The average molecular weight is 353 g/mol. The van der Waals surface area contributed by atoms with Crippen molar-refractivity contribution in [3.8, 4) is 5.69 Å². The van der Waals surface area contributed by atoms with Gasteiger partial charge in [0.15, 0.2) is 0 Å². The number of nitrogens with zero attached hydrogens (tertiary/aromatic N) is 4. The molecule has 26 heavy (non-hydrogen) atoms. The molecule has 3 aromatic rings. The first-order chi connectivity index (χ1) is 12.5. The zero-order chi connectivity index (χ0) is 18.7. The molecule has 0 radical (unpaired) electrons. The quantitative estimate of drug-likeness (QED) is 0.681. The van der Waals surface area contributed by atoms with Gasteiger partial charge in [0.2, 0.25) is 0 Å². The fourth-order valence-corrected chi connectivity index (χ4v) is 3.18. The Morgan fingerprint density at radius 1 is 1.31 bits per heavy atom. The lowest BCUT2D eigenvalue weighted by Gasteiger charge is -2.25. The highest BCUT2D eigenvalue weighted by Gasteiger charge is 2.25. The van der Waals surface area contributed by atoms with E-state index in [4.69, 9.17) is 0 Å². The monoisotopic (exact) mass is 353 g/mol. The fourth-order valence-electron chi connectivity index (χ4n) is 3.18. The number of aliphatic carboxylic acids is 1. The van der Waals surface area contributed by atoms with E-state index in [1.54, 1.807) is 10.9 Å². The molecule has 3 rings (SSSR count). The molecule has 0 aliphatic carbocycles. The van der Waals surface area contributed by atoms with Crippen LogP contribution in [0.2, 0.25) is 0 Å². The Morgan fingerprint density at radius 3 is 2.58 bits per heavy atom. The van der Waals surface area contributed by atoms with Gasteiger partial charge in [0, 0.05) is 24.6 Å². The molecule has 7 heteroatoms. The molecule has 7 nitrogen and oxygen atoms in total. The van der Waals surface area contributed by atoms with Gasteiger partial charge < -0.3 is 5.11 Å². The molecule has 0 bridgehead atoms. The third kappa shape index (κ3) is 3.67. The van der Waals surface area contributed by atoms with Crippen molar-refractivity contribution in [3.05, 3.63) is 65.2 Å². The van der Waals surface area contributed by atoms with Crippen molar-refractivity contribution < 1.29 is 9.90 Å².